The van der Waals surface area contributed by atoms with Crippen LogP contribution in [-0.2, 0) is 4.74 Å². The third-order valence-corrected chi connectivity index (χ3v) is 10.2. The number of epoxide rings is 1. The Kier molecular flexibility index (Phi) is 12.0. The van der Waals surface area contributed by atoms with Gasteiger partial charge in [0.1, 0.15) is 11.2 Å². The molecule has 0 amide bonds. The molecular weight excluding hydrogens is 528 g/mol. The number of fused-ring (bicyclic) bond motifs is 1. The zero-order valence-electron chi connectivity index (χ0n) is 29.0. The summed E-state index contributed by atoms with van der Waals surface area (Å²) in [5, 5.41) is 20.4. The van der Waals surface area contributed by atoms with Gasteiger partial charge < -0.3 is 14.9 Å². The van der Waals surface area contributed by atoms with Crippen molar-refractivity contribution in [2.75, 3.05) is 0 Å². The molecule has 43 heavy (non-hydrogen) atoms. The molecule has 0 aromatic rings. The maximum atomic E-state index is 10.3. The number of rotatable bonds is 12. The number of aliphatic hydroxyl groups excluding tert-OH is 2. The largest absolute Gasteiger partial charge is 0.393 e. The third kappa shape index (κ3) is 9.32. The van der Waals surface area contributed by atoms with Crippen molar-refractivity contribution < 1.29 is 14.9 Å². The lowest BCUT2D eigenvalue weighted by atomic mass is 9.63. The van der Waals surface area contributed by atoms with Gasteiger partial charge in [0.2, 0.25) is 0 Å². The Balaban J connectivity index is 1.35. The average Bonchev–Trinajstić information content (AvgIpc) is 3.49. The molecule has 0 aromatic carbocycles. The quantitative estimate of drug-likeness (QED) is 0.103. The Morgan fingerprint density at radius 1 is 0.860 bits per heavy atom. The number of hydrogen-bond acceptors (Lipinski definition) is 3. The molecule has 8 atom stereocenters. The molecule has 1 saturated heterocycles. The first kappa shape index (κ1) is 35.6. The van der Waals surface area contributed by atoms with Gasteiger partial charge in [-0.05, 0) is 70.1 Å². The van der Waals surface area contributed by atoms with Gasteiger partial charge in [-0.25, -0.2) is 0 Å². The summed E-state index contributed by atoms with van der Waals surface area (Å²) in [4.78, 5) is 0. The highest BCUT2D eigenvalue weighted by molar-refractivity contribution is 5.40. The first-order valence-corrected chi connectivity index (χ1v) is 17.0. The SMILES string of the molecule is CC1=C(C#CC(C)C/C=C/C(C)/C=C/C=C/C(C)CCCC(C)/C=C/[C@@]23O[C@]2(C)C[C@@H](O)CC3(C)C)C(C)(C)C[C@H](O)C1. The fourth-order valence-corrected chi connectivity index (χ4v) is 7.71. The van der Waals surface area contributed by atoms with E-state index in [1.807, 2.05) is 0 Å². The van der Waals surface area contributed by atoms with Crippen molar-refractivity contribution in [1.29, 1.82) is 0 Å². The minimum absolute atomic E-state index is 0.0429. The minimum atomic E-state index is -0.260. The molecular formula is C40H62O3. The van der Waals surface area contributed by atoms with Crippen LogP contribution in [0.4, 0.5) is 0 Å². The van der Waals surface area contributed by atoms with Crippen LogP contribution in [0.15, 0.2) is 59.8 Å². The molecule has 0 radical (unpaired) electrons. The van der Waals surface area contributed by atoms with Gasteiger partial charge in [0.05, 0.1) is 12.2 Å². The van der Waals surface area contributed by atoms with Crippen LogP contribution < -0.4 is 0 Å². The summed E-state index contributed by atoms with van der Waals surface area (Å²) in [7, 11) is 0. The van der Waals surface area contributed by atoms with Crippen LogP contribution in [0, 0.1) is 46.3 Å². The third-order valence-electron chi connectivity index (χ3n) is 10.2. The van der Waals surface area contributed by atoms with Crippen LogP contribution in [0.3, 0.4) is 0 Å². The Bertz CT molecular complexity index is 1150. The normalized spacial score (nSPS) is 33.0. The second-order valence-corrected chi connectivity index (χ2v) is 15.8. The van der Waals surface area contributed by atoms with Crippen molar-refractivity contribution in [1.82, 2.24) is 0 Å². The van der Waals surface area contributed by atoms with Crippen LogP contribution in [0.1, 0.15) is 121 Å². The van der Waals surface area contributed by atoms with E-state index in [4.69, 9.17) is 4.74 Å². The van der Waals surface area contributed by atoms with E-state index in [2.05, 4.69) is 130 Å². The highest BCUT2D eigenvalue weighted by Crippen LogP contribution is 2.66. The zero-order valence-corrected chi connectivity index (χ0v) is 29.0. The van der Waals surface area contributed by atoms with Gasteiger partial charge in [-0.15, -0.1) is 0 Å². The fraction of sp³-hybridized carbons (Fsp3) is 0.700. The first-order valence-electron chi connectivity index (χ1n) is 17.0. The molecule has 3 nitrogen and oxygen atoms in total. The molecule has 0 bridgehead atoms. The highest BCUT2D eigenvalue weighted by Gasteiger charge is 2.74. The van der Waals surface area contributed by atoms with Crippen LogP contribution >= 0.6 is 0 Å². The zero-order chi connectivity index (χ0) is 32.1. The molecule has 4 unspecified atom stereocenters. The lowest BCUT2D eigenvalue weighted by molar-refractivity contribution is 0.0513. The Hall–Kier alpha value is -1.86. The molecule has 2 fully saturated rings. The van der Waals surface area contributed by atoms with E-state index in [0.717, 1.165) is 32.1 Å². The molecule has 0 spiro atoms. The van der Waals surface area contributed by atoms with Crippen LogP contribution in [0.25, 0.3) is 0 Å². The standard InChI is InChI=1S/C40H62O3/c1-29(17-13-19-31(3)21-22-36-33(5)25-34(41)26-37(36,6)7)15-11-12-16-30(2)18-14-20-32(4)23-24-40-38(8,9)27-35(42)28-39(40,10)43-40/h11-13,15-17,23-24,29-32,34-35,41-42H,14,18-20,25-28H2,1-10H3/b15-11+,16-12+,17-13+,24-23+/t29?,30?,31?,32?,34-,35+,39-,40+/m1/s1. The Morgan fingerprint density at radius 2 is 1.51 bits per heavy atom. The first-order chi connectivity index (χ1) is 20.0. The summed E-state index contributed by atoms with van der Waals surface area (Å²) in [5.74, 6) is 8.72. The van der Waals surface area contributed by atoms with Gasteiger partial charge in [0.25, 0.3) is 0 Å². The van der Waals surface area contributed by atoms with Crippen molar-refractivity contribution in [3.05, 3.63) is 59.8 Å². The van der Waals surface area contributed by atoms with E-state index in [9.17, 15) is 10.2 Å². The van der Waals surface area contributed by atoms with E-state index in [-0.39, 0.29) is 34.2 Å². The maximum absolute atomic E-state index is 10.3. The molecule has 3 rings (SSSR count). The van der Waals surface area contributed by atoms with Crippen molar-refractivity contribution in [3.8, 4) is 11.8 Å². The molecule has 2 aliphatic carbocycles. The predicted molar refractivity (Wildman–Crippen MR) is 182 cm³/mol. The molecule has 240 valence electrons. The van der Waals surface area contributed by atoms with Gasteiger partial charge >= 0.3 is 0 Å². The van der Waals surface area contributed by atoms with Crippen molar-refractivity contribution in [2.45, 2.75) is 144 Å². The van der Waals surface area contributed by atoms with Gasteiger partial charge in [0, 0.05) is 28.7 Å². The van der Waals surface area contributed by atoms with Crippen molar-refractivity contribution >= 4 is 0 Å². The summed E-state index contributed by atoms with van der Waals surface area (Å²) < 4.78 is 6.30. The number of hydrogen-bond donors (Lipinski definition) is 2. The van der Waals surface area contributed by atoms with E-state index < -0.39 is 0 Å². The van der Waals surface area contributed by atoms with E-state index in [1.165, 1.54) is 30.4 Å². The molecule has 0 aromatic heterocycles. The monoisotopic (exact) mass is 590 g/mol. The van der Waals surface area contributed by atoms with E-state index >= 15 is 0 Å². The second-order valence-electron chi connectivity index (χ2n) is 15.8. The maximum Gasteiger partial charge on any atom is 0.121 e. The number of aliphatic hydroxyl groups is 2. The smallest absolute Gasteiger partial charge is 0.121 e. The molecule has 1 aliphatic heterocycles. The summed E-state index contributed by atoms with van der Waals surface area (Å²) in [6.45, 7) is 22.2. The van der Waals surface area contributed by atoms with Gasteiger partial charge in [-0.3, -0.25) is 0 Å². The average molecular weight is 591 g/mol. The van der Waals surface area contributed by atoms with Gasteiger partial charge in [-0.2, -0.15) is 0 Å². The van der Waals surface area contributed by atoms with Crippen LogP contribution in [0.5, 0.6) is 0 Å². The summed E-state index contributed by atoms with van der Waals surface area (Å²) in [6, 6.07) is 0. The predicted octanol–water partition coefficient (Wildman–Crippen LogP) is 9.53. The summed E-state index contributed by atoms with van der Waals surface area (Å²) >= 11 is 0. The van der Waals surface area contributed by atoms with E-state index in [0.29, 0.717) is 23.7 Å². The lowest BCUT2D eigenvalue weighted by Crippen LogP contribution is -2.46. The molecule has 3 heteroatoms. The summed E-state index contributed by atoms with van der Waals surface area (Å²) in [6.07, 6.45) is 25.3. The van der Waals surface area contributed by atoms with Gasteiger partial charge in [0.15, 0.2) is 0 Å². The lowest BCUT2D eigenvalue weighted by Gasteiger charge is -2.39. The molecule has 1 heterocycles. The van der Waals surface area contributed by atoms with Crippen LogP contribution in [-0.4, -0.2) is 33.6 Å². The Labute approximate surface area is 264 Å². The van der Waals surface area contributed by atoms with Crippen LogP contribution in [0.2, 0.25) is 0 Å². The minimum Gasteiger partial charge on any atom is -0.393 e. The second kappa shape index (κ2) is 14.5. The number of ether oxygens (including phenoxy) is 1. The Morgan fingerprint density at radius 3 is 2.16 bits per heavy atom. The van der Waals surface area contributed by atoms with Gasteiger partial charge in [-0.1, -0.05) is 128 Å². The topological polar surface area (TPSA) is 53.0 Å². The number of allylic oxidation sites excluding steroid dienone is 8. The molecule has 1 saturated carbocycles. The van der Waals surface area contributed by atoms with Crippen molar-refractivity contribution in [2.24, 2.45) is 34.5 Å². The van der Waals surface area contributed by atoms with Crippen molar-refractivity contribution in [3.63, 3.8) is 0 Å². The molecule has 3 aliphatic rings. The van der Waals surface area contributed by atoms with E-state index in [1.54, 1.807) is 0 Å². The summed E-state index contributed by atoms with van der Waals surface area (Å²) in [5.41, 5.74) is 1.94. The highest BCUT2D eigenvalue weighted by atomic mass is 16.6. The molecule has 2 N–H and O–H groups in total. The fourth-order valence-electron chi connectivity index (χ4n) is 7.71.